The molecule has 9 nitrogen and oxygen atoms in total. The second kappa shape index (κ2) is 12.8. The van der Waals surface area contributed by atoms with E-state index in [2.05, 4.69) is 20.1 Å². The number of rotatable bonds is 10. The van der Waals surface area contributed by atoms with Crippen LogP contribution < -0.4 is 10.6 Å². The molecule has 2 unspecified atom stereocenters. The molecule has 1 aromatic heterocycles. The predicted molar refractivity (Wildman–Crippen MR) is 185 cm³/mol. The van der Waals surface area contributed by atoms with Gasteiger partial charge in [-0.2, -0.15) is 0 Å². The summed E-state index contributed by atoms with van der Waals surface area (Å²) in [6, 6.07) is 10.5. The molecule has 1 saturated carbocycles. The fraction of sp³-hybridized carbons (Fsp3) is 0.486. The van der Waals surface area contributed by atoms with E-state index in [0.29, 0.717) is 55.1 Å². The van der Waals surface area contributed by atoms with Gasteiger partial charge in [-0.3, -0.25) is 14.5 Å². The van der Waals surface area contributed by atoms with Crippen molar-refractivity contribution in [1.82, 2.24) is 19.8 Å². The first kappa shape index (κ1) is 32.9. The summed E-state index contributed by atoms with van der Waals surface area (Å²) in [5, 5.41) is 6.70. The molecule has 49 heavy (non-hydrogen) atoms. The second-order valence-electron chi connectivity index (χ2n) is 14.0. The van der Waals surface area contributed by atoms with Gasteiger partial charge in [-0.05, 0) is 55.0 Å². The molecular formula is C37H40Cl2FN5O4. The Labute approximate surface area is 295 Å². The first-order valence-electron chi connectivity index (χ1n) is 17.2. The number of methoxy groups -OCH3 is 1. The topological polar surface area (TPSA) is 97.7 Å². The van der Waals surface area contributed by atoms with Crippen molar-refractivity contribution in [3.63, 3.8) is 0 Å². The zero-order chi connectivity index (χ0) is 34.0. The monoisotopic (exact) mass is 707 g/mol. The van der Waals surface area contributed by atoms with Crippen molar-refractivity contribution in [2.24, 2.45) is 11.8 Å². The Balaban J connectivity index is 1.22. The molecule has 2 amide bonds. The molecule has 0 radical (unpaired) electrons. The third kappa shape index (κ3) is 5.25. The van der Waals surface area contributed by atoms with Gasteiger partial charge < -0.3 is 24.7 Å². The van der Waals surface area contributed by atoms with Gasteiger partial charge in [-0.25, -0.2) is 9.37 Å². The highest BCUT2D eigenvalue weighted by molar-refractivity contribution is 6.31. The quantitative estimate of drug-likeness (QED) is 0.249. The lowest BCUT2D eigenvalue weighted by atomic mass is 9.70. The Bertz CT molecular complexity index is 1840. The van der Waals surface area contributed by atoms with Crippen molar-refractivity contribution in [3.05, 3.63) is 86.7 Å². The summed E-state index contributed by atoms with van der Waals surface area (Å²) in [5.41, 5.74) is 2.48. The van der Waals surface area contributed by atoms with Crippen LogP contribution in [-0.2, 0) is 31.1 Å². The maximum Gasteiger partial charge on any atom is 0.250 e. The molecule has 0 bridgehead atoms. The molecule has 4 heterocycles. The van der Waals surface area contributed by atoms with Crippen LogP contribution in [0.2, 0.25) is 10.0 Å². The third-order valence-electron chi connectivity index (χ3n) is 11.3. The Morgan fingerprint density at radius 3 is 2.80 bits per heavy atom. The summed E-state index contributed by atoms with van der Waals surface area (Å²) in [6.07, 6.45) is 6.93. The van der Waals surface area contributed by atoms with Crippen molar-refractivity contribution in [3.8, 4) is 0 Å². The summed E-state index contributed by atoms with van der Waals surface area (Å²) in [4.78, 5) is 35.7. The molecule has 1 saturated heterocycles. The number of aromatic nitrogens is 2. The van der Waals surface area contributed by atoms with Crippen LogP contribution in [0.15, 0.2) is 42.5 Å². The lowest BCUT2D eigenvalue weighted by Gasteiger charge is -2.40. The number of likely N-dealkylation sites (tertiary alicyclic amines) is 1. The zero-order valence-corrected chi connectivity index (χ0v) is 29.1. The van der Waals surface area contributed by atoms with Crippen molar-refractivity contribution < 1.29 is 23.5 Å². The van der Waals surface area contributed by atoms with Crippen molar-refractivity contribution >= 4 is 46.8 Å². The largest absolute Gasteiger partial charge is 0.382 e. The van der Waals surface area contributed by atoms with E-state index in [0.717, 1.165) is 48.6 Å². The smallest absolute Gasteiger partial charge is 0.250 e. The van der Waals surface area contributed by atoms with Gasteiger partial charge in [-0.1, -0.05) is 54.4 Å². The van der Waals surface area contributed by atoms with Crippen LogP contribution in [-0.4, -0.2) is 72.3 Å². The maximum atomic E-state index is 16.4. The fourth-order valence-electron chi connectivity index (χ4n) is 8.91. The highest BCUT2D eigenvalue weighted by Gasteiger charge is 2.69. The second-order valence-corrected chi connectivity index (χ2v) is 14.8. The van der Waals surface area contributed by atoms with E-state index >= 15 is 4.39 Å². The number of nitrogens with zero attached hydrogens (tertiary/aromatic N) is 3. The molecule has 2 N–H and O–H groups in total. The van der Waals surface area contributed by atoms with Gasteiger partial charge in [-0.15, -0.1) is 0 Å². The van der Waals surface area contributed by atoms with Gasteiger partial charge in [0.1, 0.15) is 17.2 Å². The van der Waals surface area contributed by atoms with E-state index in [-0.39, 0.29) is 34.7 Å². The van der Waals surface area contributed by atoms with Crippen LogP contribution in [0.3, 0.4) is 0 Å². The minimum atomic E-state index is -1.19. The Hall–Kier alpha value is -3.28. The number of anilines is 1. The number of imidazole rings is 1. The van der Waals surface area contributed by atoms with E-state index in [1.165, 1.54) is 0 Å². The summed E-state index contributed by atoms with van der Waals surface area (Å²) in [5.74, 6) is -1.03. The van der Waals surface area contributed by atoms with Crippen LogP contribution in [0.1, 0.15) is 72.3 Å². The predicted octanol–water partition coefficient (Wildman–Crippen LogP) is 6.07. The molecule has 2 fully saturated rings. The van der Waals surface area contributed by atoms with Gasteiger partial charge >= 0.3 is 0 Å². The standard InChI is InChI=1S/C37H40Cl2FN5O4/c1-20-23(35(46)41-13-15-49-17-16-48-2)9-11-29-33(20)43-34-30-28(12-14-44(29)34)45(19-21-6-7-21)37(31(30)24-4-3-5-26(39)32(24)40)25-10-8-22(38)18-27(25)42-36(37)47/h3-5,8-11,18,20-21,23,28,30-31H,6-7,12-17,19H2,1-2H3,(H,41,46)(H,42,47)/t20?,23?,28-,30+,31-,37+/m0/s1. The van der Waals surface area contributed by atoms with Crippen LogP contribution in [0, 0.1) is 17.7 Å². The van der Waals surface area contributed by atoms with Gasteiger partial charge in [0.15, 0.2) is 0 Å². The number of hydrogen-bond donors (Lipinski definition) is 2. The first-order valence-corrected chi connectivity index (χ1v) is 18.0. The number of halogens is 3. The summed E-state index contributed by atoms with van der Waals surface area (Å²) in [6.45, 7) is 5.23. The molecular weight excluding hydrogens is 668 g/mol. The number of ether oxygens (including phenoxy) is 2. The third-order valence-corrected chi connectivity index (χ3v) is 11.8. The number of fused-ring (bicyclic) bond motifs is 7. The van der Waals surface area contributed by atoms with Crippen molar-refractivity contribution in [1.29, 1.82) is 0 Å². The Morgan fingerprint density at radius 1 is 1.16 bits per heavy atom. The van der Waals surface area contributed by atoms with Crippen molar-refractivity contribution in [2.45, 2.75) is 62.1 Å². The fourth-order valence-corrected chi connectivity index (χ4v) is 9.27. The number of carbonyl (C=O) groups is 2. The van der Waals surface area contributed by atoms with E-state index < -0.39 is 23.2 Å². The Kier molecular flexibility index (Phi) is 8.59. The van der Waals surface area contributed by atoms with Crippen molar-refractivity contribution in [2.75, 3.05) is 45.3 Å². The molecule has 258 valence electrons. The highest BCUT2D eigenvalue weighted by atomic mass is 35.5. The van der Waals surface area contributed by atoms with Crippen LogP contribution in [0.4, 0.5) is 10.1 Å². The molecule has 3 aromatic rings. The summed E-state index contributed by atoms with van der Waals surface area (Å²) >= 11 is 12.9. The molecule has 1 spiro atoms. The van der Waals surface area contributed by atoms with Gasteiger partial charge in [0.25, 0.3) is 0 Å². The lowest BCUT2D eigenvalue weighted by molar-refractivity contribution is -0.128. The molecule has 6 atom stereocenters. The molecule has 2 aliphatic carbocycles. The lowest BCUT2D eigenvalue weighted by Crippen LogP contribution is -2.53. The highest BCUT2D eigenvalue weighted by Crippen LogP contribution is 2.65. The minimum Gasteiger partial charge on any atom is -0.382 e. The van der Waals surface area contributed by atoms with E-state index in [9.17, 15) is 9.59 Å². The van der Waals surface area contributed by atoms with E-state index in [4.69, 9.17) is 37.7 Å². The molecule has 8 rings (SSSR count). The van der Waals surface area contributed by atoms with E-state index in [1.54, 1.807) is 31.4 Å². The number of amides is 2. The SMILES string of the molecule is COCCOCCNC(=O)C1C=Cc2c(nc3n2CC[C@H]2[C@@H]3[C@H](c3cccc(Cl)c3F)[C@]3(C(=O)Nc4cc(Cl)ccc43)N2CC2CC2)C1C. The number of hydrogen-bond acceptors (Lipinski definition) is 6. The molecule has 2 aromatic carbocycles. The number of carbonyl (C=O) groups excluding carboxylic acids is 2. The average Bonchev–Trinajstić information content (AvgIpc) is 3.67. The van der Waals surface area contributed by atoms with Gasteiger partial charge in [0.05, 0.1) is 42.1 Å². The first-order chi connectivity index (χ1) is 23.7. The molecule has 12 heteroatoms. The van der Waals surface area contributed by atoms with Gasteiger partial charge in [0, 0.05) is 66.8 Å². The summed E-state index contributed by atoms with van der Waals surface area (Å²) in [7, 11) is 1.62. The molecule has 5 aliphatic rings. The Morgan fingerprint density at radius 2 is 2.00 bits per heavy atom. The van der Waals surface area contributed by atoms with Crippen LogP contribution in [0.25, 0.3) is 6.08 Å². The average molecular weight is 709 g/mol. The number of nitrogens with one attached hydrogen (secondary N) is 2. The van der Waals surface area contributed by atoms with Crippen LogP contribution in [0.5, 0.6) is 0 Å². The zero-order valence-electron chi connectivity index (χ0n) is 27.6. The van der Waals surface area contributed by atoms with Gasteiger partial charge in [0.2, 0.25) is 11.8 Å². The number of benzene rings is 2. The normalized spacial score (nSPS) is 28.3. The minimum absolute atomic E-state index is 0.0209. The van der Waals surface area contributed by atoms with E-state index in [1.807, 2.05) is 31.2 Å². The maximum absolute atomic E-state index is 16.4. The molecule has 3 aliphatic heterocycles. The van der Waals surface area contributed by atoms with Crippen LogP contribution >= 0.6 is 23.2 Å². The summed E-state index contributed by atoms with van der Waals surface area (Å²) < 4.78 is 29.2.